The van der Waals surface area contributed by atoms with Crippen LogP contribution >= 0.6 is 0 Å². The van der Waals surface area contributed by atoms with Gasteiger partial charge in [0.05, 0.1) is 0 Å². The molecule has 0 fully saturated rings. The summed E-state index contributed by atoms with van der Waals surface area (Å²) in [6.07, 6.45) is 35.2. The molecule has 0 aromatic rings. The molecule has 0 unspecified atom stereocenters. The molecule has 0 aromatic heterocycles. The Labute approximate surface area is 317 Å². The lowest BCUT2D eigenvalue weighted by molar-refractivity contribution is -0.167. The van der Waals surface area contributed by atoms with Crippen LogP contribution in [0, 0.1) is 11.8 Å². The summed E-state index contributed by atoms with van der Waals surface area (Å²) in [5.74, 6) is 0.723. The molecule has 0 aromatic carbocycles. The van der Waals surface area contributed by atoms with E-state index in [0.29, 0.717) is 19.3 Å². The molecule has 0 aliphatic heterocycles. The van der Waals surface area contributed by atoms with Gasteiger partial charge in [-0.15, -0.1) is 0 Å². The first-order valence-electron chi connectivity index (χ1n) is 22.2. The van der Waals surface area contributed by atoms with Crippen LogP contribution in [0.25, 0.3) is 0 Å². The topological polar surface area (TPSA) is 78.9 Å². The molecule has 302 valence electrons. The van der Waals surface area contributed by atoms with Gasteiger partial charge in [0.15, 0.2) is 6.10 Å². The zero-order valence-corrected chi connectivity index (χ0v) is 34.7. The van der Waals surface area contributed by atoms with Crippen LogP contribution < -0.4 is 0 Å². The van der Waals surface area contributed by atoms with E-state index < -0.39 is 6.10 Å². The Morgan fingerprint density at radius 3 is 0.961 bits per heavy atom. The molecular weight excluding hydrogens is 636 g/mol. The van der Waals surface area contributed by atoms with Crippen molar-refractivity contribution in [1.29, 1.82) is 0 Å². The number of hydrogen-bond acceptors (Lipinski definition) is 6. The Morgan fingerprint density at radius 1 is 0.373 bits per heavy atom. The van der Waals surface area contributed by atoms with E-state index in [0.717, 1.165) is 69.6 Å². The van der Waals surface area contributed by atoms with Crippen LogP contribution in [-0.2, 0) is 28.6 Å². The van der Waals surface area contributed by atoms with Crippen LogP contribution in [0.4, 0.5) is 0 Å². The van der Waals surface area contributed by atoms with Crippen molar-refractivity contribution in [3.05, 3.63) is 0 Å². The molecule has 0 amide bonds. The summed E-state index contributed by atoms with van der Waals surface area (Å²) >= 11 is 0. The van der Waals surface area contributed by atoms with E-state index in [1.807, 2.05) is 0 Å². The summed E-state index contributed by atoms with van der Waals surface area (Å²) < 4.78 is 16.7. The fourth-order valence-electron chi connectivity index (χ4n) is 6.58. The van der Waals surface area contributed by atoms with Gasteiger partial charge in [-0.05, 0) is 31.1 Å². The second-order valence-corrected chi connectivity index (χ2v) is 16.3. The highest BCUT2D eigenvalue weighted by Gasteiger charge is 2.19. The number of esters is 3. The Balaban J connectivity index is 4.34. The summed E-state index contributed by atoms with van der Waals surface area (Å²) in [5, 5.41) is 0. The van der Waals surface area contributed by atoms with Crippen molar-refractivity contribution in [3.63, 3.8) is 0 Å². The monoisotopic (exact) mass is 723 g/mol. The van der Waals surface area contributed by atoms with Gasteiger partial charge in [0.1, 0.15) is 13.2 Å². The van der Waals surface area contributed by atoms with E-state index in [2.05, 4.69) is 34.6 Å². The minimum absolute atomic E-state index is 0.0657. The zero-order chi connectivity index (χ0) is 37.6. The number of carbonyl (C=O) groups excluding carboxylic acids is 3. The third kappa shape index (κ3) is 39.5. The molecular formula is C45H86O6. The van der Waals surface area contributed by atoms with Crippen molar-refractivity contribution in [2.45, 2.75) is 246 Å². The maximum Gasteiger partial charge on any atom is 0.306 e. The molecule has 6 nitrogen and oxygen atoms in total. The molecule has 0 rings (SSSR count). The van der Waals surface area contributed by atoms with E-state index in [1.54, 1.807) is 0 Å². The van der Waals surface area contributed by atoms with Crippen molar-refractivity contribution in [2.24, 2.45) is 11.8 Å². The quantitative estimate of drug-likeness (QED) is 0.0357. The smallest absolute Gasteiger partial charge is 0.306 e. The predicted octanol–water partition coefficient (Wildman–Crippen LogP) is 13.8. The average molecular weight is 723 g/mol. The minimum Gasteiger partial charge on any atom is -0.462 e. The van der Waals surface area contributed by atoms with Crippen LogP contribution in [0.1, 0.15) is 240 Å². The molecule has 6 heteroatoms. The highest BCUT2D eigenvalue weighted by molar-refractivity contribution is 5.71. The van der Waals surface area contributed by atoms with Crippen LogP contribution in [-0.4, -0.2) is 37.2 Å². The van der Waals surface area contributed by atoms with Crippen molar-refractivity contribution < 1.29 is 28.6 Å². The Hall–Kier alpha value is -1.59. The van der Waals surface area contributed by atoms with Gasteiger partial charge in [-0.25, -0.2) is 0 Å². The zero-order valence-electron chi connectivity index (χ0n) is 34.7. The molecule has 0 N–H and O–H groups in total. The summed E-state index contributed by atoms with van der Waals surface area (Å²) in [6, 6.07) is 0. The van der Waals surface area contributed by atoms with E-state index >= 15 is 0 Å². The summed E-state index contributed by atoms with van der Waals surface area (Å²) in [7, 11) is 0. The second-order valence-electron chi connectivity index (χ2n) is 16.3. The first-order chi connectivity index (χ1) is 24.7. The summed E-state index contributed by atoms with van der Waals surface area (Å²) in [6.45, 7) is 11.3. The average Bonchev–Trinajstić information content (AvgIpc) is 3.09. The van der Waals surface area contributed by atoms with Crippen molar-refractivity contribution in [1.82, 2.24) is 0 Å². The van der Waals surface area contributed by atoms with Crippen LogP contribution in [0.15, 0.2) is 0 Å². The van der Waals surface area contributed by atoms with Gasteiger partial charge in [0.25, 0.3) is 0 Å². The van der Waals surface area contributed by atoms with Crippen LogP contribution in [0.2, 0.25) is 0 Å². The molecule has 0 bridgehead atoms. The summed E-state index contributed by atoms with van der Waals surface area (Å²) in [5.41, 5.74) is 0. The van der Waals surface area contributed by atoms with Gasteiger partial charge in [-0.1, -0.05) is 202 Å². The first-order valence-corrected chi connectivity index (χ1v) is 22.2. The van der Waals surface area contributed by atoms with E-state index in [1.165, 1.54) is 128 Å². The number of unbranched alkanes of at least 4 members (excludes halogenated alkanes) is 24. The first kappa shape index (κ1) is 49.4. The molecule has 0 aliphatic rings. The van der Waals surface area contributed by atoms with E-state index in [4.69, 9.17) is 14.2 Å². The summed E-state index contributed by atoms with van der Waals surface area (Å²) in [4.78, 5) is 37.6. The van der Waals surface area contributed by atoms with Crippen molar-refractivity contribution in [2.75, 3.05) is 13.2 Å². The van der Waals surface area contributed by atoms with Gasteiger partial charge in [-0.3, -0.25) is 14.4 Å². The number of ether oxygens (including phenoxy) is 3. The van der Waals surface area contributed by atoms with E-state index in [-0.39, 0.29) is 31.1 Å². The second kappa shape index (κ2) is 38.1. The SMILES string of the molecule is CCCCCCCCCCCCCC(=O)OC[C@H](COC(=O)CCCCCCCCCCCC(C)C)OC(=O)CCCCCCCCCC(C)C. The number of hydrogen-bond donors (Lipinski definition) is 0. The molecule has 0 aliphatic carbocycles. The van der Waals surface area contributed by atoms with Gasteiger partial charge >= 0.3 is 17.9 Å². The Bertz CT molecular complexity index is 779. The maximum absolute atomic E-state index is 12.7. The molecule has 0 spiro atoms. The Kier molecular flexibility index (Phi) is 37.0. The lowest BCUT2D eigenvalue weighted by Crippen LogP contribution is -2.30. The van der Waals surface area contributed by atoms with Crippen molar-refractivity contribution in [3.8, 4) is 0 Å². The highest BCUT2D eigenvalue weighted by Crippen LogP contribution is 2.16. The predicted molar refractivity (Wildman–Crippen MR) is 215 cm³/mol. The third-order valence-electron chi connectivity index (χ3n) is 9.97. The fraction of sp³-hybridized carbons (Fsp3) is 0.933. The molecule has 1 atom stereocenters. The van der Waals surface area contributed by atoms with Gasteiger partial charge in [-0.2, -0.15) is 0 Å². The third-order valence-corrected chi connectivity index (χ3v) is 9.97. The number of carbonyl (C=O) groups is 3. The largest absolute Gasteiger partial charge is 0.462 e. The highest BCUT2D eigenvalue weighted by atomic mass is 16.6. The fourth-order valence-corrected chi connectivity index (χ4v) is 6.58. The van der Waals surface area contributed by atoms with Crippen molar-refractivity contribution >= 4 is 17.9 Å². The molecule has 0 radical (unpaired) electrons. The number of rotatable bonds is 39. The molecule has 0 saturated carbocycles. The lowest BCUT2D eigenvalue weighted by atomic mass is 10.0. The lowest BCUT2D eigenvalue weighted by Gasteiger charge is -2.18. The standard InChI is InChI=1S/C45H86O6/c1-6-7-8-9-10-11-12-15-20-25-30-35-43(46)49-38-42(51-45(48)37-32-27-22-17-19-24-29-34-41(4)5)39-50-44(47)36-31-26-21-16-13-14-18-23-28-33-40(2)3/h40-42H,6-39H2,1-5H3/t42-/m1/s1. The Morgan fingerprint density at radius 2 is 0.647 bits per heavy atom. The molecule has 0 heterocycles. The van der Waals surface area contributed by atoms with Crippen LogP contribution in [0.3, 0.4) is 0 Å². The minimum atomic E-state index is -0.760. The molecule has 0 saturated heterocycles. The maximum atomic E-state index is 12.7. The van der Waals surface area contributed by atoms with Gasteiger partial charge in [0, 0.05) is 19.3 Å². The van der Waals surface area contributed by atoms with Gasteiger partial charge < -0.3 is 14.2 Å². The van der Waals surface area contributed by atoms with Crippen LogP contribution in [0.5, 0.6) is 0 Å². The van der Waals surface area contributed by atoms with E-state index in [9.17, 15) is 14.4 Å². The van der Waals surface area contributed by atoms with Gasteiger partial charge in [0.2, 0.25) is 0 Å². The molecule has 51 heavy (non-hydrogen) atoms. The normalized spacial score (nSPS) is 12.1.